The Hall–Kier alpha value is -2.74. The molecule has 0 spiro atoms. The third kappa shape index (κ3) is 3.00. The van der Waals surface area contributed by atoms with Gasteiger partial charge in [0.05, 0.1) is 6.61 Å². The highest BCUT2D eigenvalue weighted by Crippen LogP contribution is 2.31. The molecule has 1 aliphatic rings. The first-order chi connectivity index (χ1) is 12.1. The molecular weight excluding hydrogens is 322 g/mol. The Kier molecular flexibility index (Phi) is 4.80. The van der Waals surface area contributed by atoms with Crippen molar-refractivity contribution in [1.29, 1.82) is 0 Å². The van der Waals surface area contributed by atoms with Gasteiger partial charge in [-0.15, -0.1) is 10.2 Å². The molecule has 1 fully saturated rings. The van der Waals surface area contributed by atoms with E-state index >= 15 is 0 Å². The van der Waals surface area contributed by atoms with Crippen LogP contribution in [0, 0.1) is 0 Å². The molecule has 2 heterocycles. The summed E-state index contributed by atoms with van der Waals surface area (Å²) < 4.78 is 7.02. The van der Waals surface area contributed by atoms with Gasteiger partial charge in [-0.3, -0.25) is 14.2 Å². The highest BCUT2D eigenvalue weighted by atomic mass is 16.5. The molecule has 0 radical (unpaired) electrons. The summed E-state index contributed by atoms with van der Waals surface area (Å²) >= 11 is 0. The Morgan fingerprint density at radius 3 is 2.52 bits per heavy atom. The second kappa shape index (κ2) is 7.02. The van der Waals surface area contributed by atoms with Crippen molar-refractivity contribution in [2.45, 2.75) is 18.4 Å². The summed E-state index contributed by atoms with van der Waals surface area (Å²) in [5.74, 6) is -0.366. The lowest BCUT2D eigenvalue weighted by Crippen LogP contribution is -2.59. The second-order valence-corrected chi connectivity index (χ2v) is 6.02. The van der Waals surface area contributed by atoms with E-state index in [1.165, 1.54) is 0 Å². The van der Waals surface area contributed by atoms with Crippen LogP contribution in [0.1, 0.15) is 23.2 Å². The lowest BCUT2D eigenvalue weighted by atomic mass is 9.95. The maximum absolute atomic E-state index is 13.0. The molecule has 2 amide bonds. The second-order valence-electron chi connectivity index (χ2n) is 6.02. The van der Waals surface area contributed by atoms with Crippen molar-refractivity contribution in [3.05, 3.63) is 42.5 Å². The van der Waals surface area contributed by atoms with E-state index in [1.807, 2.05) is 12.1 Å². The normalized spacial score (nSPS) is 19.8. The molecule has 3 rings (SSSR count). The molecule has 2 aromatic rings. The Morgan fingerprint density at radius 2 is 1.92 bits per heavy atom. The van der Waals surface area contributed by atoms with Crippen molar-refractivity contribution in [2.75, 3.05) is 27.3 Å². The number of nitrogens with zero attached hydrogens (tertiary/aromatic N) is 4. The van der Waals surface area contributed by atoms with E-state index in [0.717, 1.165) is 12.1 Å². The molecule has 8 heteroatoms. The molecule has 1 saturated heterocycles. The fourth-order valence-electron chi connectivity index (χ4n) is 3.36. The summed E-state index contributed by atoms with van der Waals surface area (Å²) in [6.45, 7) is 0.708. The fourth-order valence-corrected chi connectivity index (χ4v) is 3.36. The fraction of sp³-hybridized carbons (Fsp3) is 0.412. The predicted octanol–water partition coefficient (Wildman–Crippen LogP) is 0.634. The van der Waals surface area contributed by atoms with Crippen LogP contribution >= 0.6 is 0 Å². The van der Waals surface area contributed by atoms with Crippen LogP contribution in [-0.2, 0) is 9.53 Å². The summed E-state index contributed by atoms with van der Waals surface area (Å²) in [7, 11) is 3.12. The molecule has 1 aliphatic heterocycles. The number of rotatable bonds is 5. The third-order valence-corrected chi connectivity index (χ3v) is 4.60. The first kappa shape index (κ1) is 17.1. The average molecular weight is 343 g/mol. The SMILES string of the molecule is CNC(=O)C1(COC)CCCN1C(=O)c1ccc(-n2cnnc2)cc1. The molecule has 1 unspecified atom stereocenters. The number of benzene rings is 1. The zero-order valence-corrected chi connectivity index (χ0v) is 14.3. The van der Waals surface area contributed by atoms with Crippen LogP contribution in [0.4, 0.5) is 0 Å². The quantitative estimate of drug-likeness (QED) is 0.860. The number of hydrogen-bond acceptors (Lipinski definition) is 5. The van der Waals surface area contributed by atoms with Gasteiger partial charge in [-0.1, -0.05) is 0 Å². The number of carbonyl (C=O) groups excluding carboxylic acids is 2. The third-order valence-electron chi connectivity index (χ3n) is 4.60. The average Bonchev–Trinajstić information content (AvgIpc) is 3.31. The predicted molar refractivity (Wildman–Crippen MR) is 90.3 cm³/mol. The standard InChI is InChI=1S/C17H21N5O3/c1-18-16(24)17(10-25-2)8-3-9-22(17)15(23)13-4-6-14(7-5-13)21-11-19-20-12-21/h4-7,11-12H,3,8-10H2,1-2H3,(H,18,24). The zero-order valence-electron chi connectivity index (χ0n) is 14.3. The summed E-state index contributed by atoms with van der Waals surface area (Å²) in [5, 5.41) is 10.2. The number of methoxy groups -OCH3 is 1. The molecular formula is C17H21N5O3. The van der Waals surface area contributed by atoms with Crippen LogP contribution in [0.3, 0.4) is 0 Å². The topological polar surface area (TPSA) is 89.4 Å². The minimum Gasteiger partial charge on any atom is -0.382 e. The first-order valence-electron chi connectivity index (χ1n) is 8.10. The lowest BCUT2D eigenvalue weighted by Gasteiger charge is -2.36. The van der Waals surface area contributed by atoms with Gasteiger partial charge in [0.25, 0.3) is 5.91 Å². The highest BCUT2D eigenvalue weighted by Gasteiger charge is 2.49. The van der Waals surface area contributed by atoms with E-state index in [0.29, 0.717) is 18.5 Å². The van der Waals surface area contributed by atoms with Gasteiger partial charge in [0, 0.05) is 32.0 Å². The van der Waals surface area contributed by atoms with Crippen molar-refractivity contribution in [3.63, 3.8) is 0 Å². The highest BCUT2D eigenvalue weighted by molar-refractivity contribution is 6.00. The molecule has 1 aromatic carbocycles. The molecule has 132 valence electrons. The van der Waals surface area contributed by atoms with Crippen LogP contribution in [-0.4, -0.2) is 64.3 Å². The van der Waals surface area contributed by atoms with Crippen molar-refractivity contribution in [2.24, 2.45) is 0 Å². The van der Waals surface area contributed by atoms with E-state index in [-0.39, 0.29) is 18.4 Å². The maximum atomic E-state index is 13.0. The van der Waals surface area contributed by atoms with Gasteiger partial charge in [-0.05, 0) is 37.1 Å². The molecule has 1 aromatic heterocycles. The maximum Gasteiger partial charge on any atom is 0.254 e. The van der Waals surface area contributed by atoms with Crippen molar-refractivity contribution < 1.29 is 14.3 Å². The van der Waals surface area contributed by atoms with E-state index in [4.69, 9.17) is 4.74 Å². The number of amides is 2. The summed E-state index contributed by atoms with van der Waals surface area (Å²) in [4.78, 5) is 27.1. The van der Waals surface area contributed by atoms with E-state index in [9.17, 15) is 9.59 Å². The summed E-state index contributed by atoms with van der Waals surface area (Å²) in [6, 6.07) is 7.14. The Morgan fingerprint density at radius 1 is 1.24 bits per heavy atom. The number of likely N-dealkylation sites (tertiary alicyclic amines) is 1. The number of carbonyl (C=O) groups is 2. The van der Waals surface area contributed by atoms with Crippen molar-refractivity contribution in [1.82, 2.24) is 25.0 Å². The molecule has 1 N–H and O–H groups in total. The minimum atomic E-state index is -0.951. The minimum absolute atomic E-state index is 0.173. The van der Waals surface area contributed by atoms with Gasteiger partial charge in [-0.2, -0.15) is 0 Å². The van der Waals surface area contributed by atoms with Gasteiger partial charge < -0.3 is 15.0 Å². The number of aromatic nitrogens is 3. The van der Waals surface area contributed by atoms with Crippen LogP contribution < -0.4 is 5.32 Å². The largest absolute Gasteiger partial charge is 0.382 e. The Balaban J connectivity index is 1.87. The zero-order chi connectivity index (χ0) is 17.9. The van der Waals surface area contributed by atoms with Gasteiger partial charge >= 0.3 is 0 Å². The Labute approximate surface area is 145 Å². The molecule has 0 bridgehead atoms. The molecule has 8 nitrogen and oxygen atoms in total. The van der Waals surface area contributed by atoms with E-state index in [1.54, 1.807) is 48.4 Å². The smallest absolute Gasteiger partial charge is 0.254 e. The monoisotopic (exact) mass is 343 g/mol. The summed E-state index contributed by atoms with van der Waals surface area (Å²) in [5.41, 5.74) is 0.439. The van der Waals surface area contributed by atoms with E-state index in [2.05, 4.69) is 15.5 Å². The van der Waals surface area contributed by atoms with Crippen LogP contribution in [0.5, 0.6) is 0 Å². The number of nitrogens with one attached hydrogen (secondary N) is 1. The molecule has 25 heavy (non-hydrogen) atoms. The molecule has 1 atom stereocenters. The first-order valence-corrected chi connectivity index (χ1v) is 8.10. The number of hydrogen-bond donors (Lipinski definition) is 1. The number of ether oxygens (including phenoxy) is 1. The van der Waals surface area contributed by atoms with Crippen LogP contribution in [0.25, 0.3) is 5.69 Å². The van der Waals surface area contributed by atoms with Crippen LogP contribution in [0.15, 0.2) is 36.9 Å². The van der Waals surface area contributed by atoms with E-state index < -0.39 is 5.54 Å². The van der Waals surface area contributed by atoms with Crippen molar-refractivity contribution >= 4 is 11.8 Å². The van der Waals surface area contributed by atoms with Crippen LogP contribution in [0.2, 0.25) is 0 Å². The lowest BCUT2D eigenvalue weighted by molar-refractivity contribution is -0.133. The number of likely N-dealkylation sites (N-methyl/N-ethyl adjacent to an activating group) is 1. The molecule has 0 aliphatic carbocycles. The summed E-state index contributed by atoms with van der Waals surface area (Å²) in [6.07, 6.45) is 4.53. The van der Waals surface area contributed by atoms with Gasteiger partial charge in [0.2, 0.25) is 5.91 Å². The van der Waals surface area contributed by atoms with Gasteiger partial charge in [-0.25, -0.2) is 0 Å². The van der Waals surface area contributed by atoms with Crippen molar-refractivity contribution in [3.8, 4) is 5.69 Å². The molecule has 0 saturated carbocycles. The van der Waals surface area contributed by atoms with Gasteiger partial charge in [0.15, 0.2) is 0 Å². The van der Waals surface area contributed by atoms with Gasteiger partial charge in [0.1, 0.15) is 18.2 Å². The Bertz CT molecular complexity index is 744.